The number of nitrogens with zero attached hydrogens (tertiary/aromatic N) is 1. The Labute approximate surface area is 168 Å². The molecule has 0 aliphatic carbocycles. The average Bonchev–Trinajstić information content (AvgIpc) is 2.50. The number of hydrogen-bond donors (Lipinski definition) is 2. The van der Waals surface area contributed by atoms with Gasteiger partial charge in [-0.25, -0.2) is 4.39 Å². The molecule has 0 radical (unpaired) electrons. The summed E-state index contributed by atoms with van der Waals surface area (Å²) in [5.41, 5.74) is 2.06. The predicted molar refractivity (Wildman–Crippen MR) is 108 cm³/mol. The van der Waals surface area contributed by atoms with Crippen molar-refractivity contribution < 1.29 is 14.0 Å². The summed E-state index contributed by atoms with van der Waals surface area (Å²) in [7, 11) is 1.66. The average molecular weight is 487 g/mol. The first kappa shape index (κ1) is 20.5. The summed E-state index contributed by atoms with van der Waals surface area (Å²) in [6.07, 6.45) is 0. The number of hydrogen-bond acceptors (Lipinski definition) is 3. The highest BCUT2D eigenvalue weighted by atomic mass is 79.9. The van der Waals surface area contributed by atoms with E-state index in [4.69, 9.17) is 0 Å². The second-order valence-corrected chi connectivity index (χ2v) is 7.59. The lowest BCUT2D eigenvalue weighted by molar-refractivity contribution is -0.119. The van der Waals surface area contributed by atoms with Gasteiger partial charge in [0.05, 0.1) is 18.8 Å². The Kier molecular flexibility index (Phi) is 7.31. The third kappa shape index (κ3) is 6.19. The van der Waals surface area contributed by atoms with Crippen molar-refractivity contribution in [1.29, 1.82) is 0 Å². The summed E-state index contributed by atoms with van der Waals surface area (Å²) >= 11 is 6.85. The standard InChI is InChI=1S/C18H18Br2FN3O2/c1-11-6-14(19)18(15(20)7-11)23-17(26)10-24(2)9-16(25)22-13-5-3-4-12(21)8-13/h3-8H,9-10H2,1-2H3,(H,22,25)(H,23,26). The van der Waals surface area contributed by atoms with E-state index in [1.807, 2.05) is 19.1 Å². The highest BCUT2D eigenvalue weighted by molar-refractivity contribution is 9.11. The van der Waals surface area contributed by atoms with Crippen molar-refractivity contribution in [2.75, 3.05) is 30.8 Å². The predicted octanol–water partition coefficient (Wildman–Crippen LogP) is 4.17. The number of nitrogens with one attached hydrogen (secondary N) is 2. The zero-order chi connectivity index (χ0) is 19.3. The van der Waals surface area contributed by atoms with E-state index in [-0.39, 0.29) is 24.9 Å². The van der Waals surface area contributed by atoms with E-state index >= 15 is 0 Å². The molecule has 0 heterocycles. The molecule has 0 unspecified atom stereocenters. The van der Waals surface area contributed by atoms with Crippen LogP contribution in [0.15, 0.2) is 45.3 Å². The first-order chi connectivity index (χ1) is 12.2. The fraction of sp³-hybridized carbons (Fsp3) is 0.222. The lowest BCUT2D eigenvalue weighted by Crippen LogP contribution is -2.36. The van der Waals surface area contributed by atoms with Crippen LogP contribution >= 0.6 is 31.9 Å². The zero-order valence-electron chi connectivity index (χ0n) is 14.3. The SMILES string of the molecule is Cc1cc(Br)c(NC(=O)CN(C)CC(=O)Nc2cccc(F)c2)c(Br)c1. The first-order valence-electron chi connectivity index (χ1n) is 7.74. The fourth-order valence-electron chi connectivity index (χ4n) is 2.31. The number of carbonyl (C=O) groups is 2. The molecule has 0 spiro atoms. The Morgan fingerprint density at radius 2 is 1.62 bits per heavy atom. The van der Waals surface area contributed by atoms with Crippen molar-refractivity contribution >= 4 is 55.0 Å². The van der Waals surface area contributed by atoms with E-state index in [1.165, 1.54) is 18.2 Å². The highest BCUT2D eigenvalue weighted by Crippen LogP contribution is 2.32. The minimum atomic E-state index is -0.426. The van der Waals surface area contributed by atoms with Gasteiger partial charge in [-0.3, -0.25) is 14.5 Å². The van der Waals surface area contributed by atoms with E-state index in [1.54, 1.807) is 18.0 Å². The van der Waals surface area contributed by atoms with Crippen LogP contribution in [0.4, 0.5) is 15.8 Å². The molecule has 8 heteroatoms. The van der Waals surface area contributed by atoms with Crippen LogP contribution in [0.5, 0.6) is 0 Å². The van der Waals surface area contributed by atoms with Crippen LogP contribution < -0.4 is 10.6 Å². The number of anilines is 2. The molecule has 26 heavy (non-hydrogen) atoms. The van der Waals surface area contributed by atoms with Gasteiger partial charge in [0.2, 0.25) is 11.8 Å². The quantitative estimate of drug-likeness (QED) is 0.644. The Morgan fingerprint density at radius 1 is 1.04 bits per heavy atom. The van der Waals surface area contributed by atoms with E-state index < -0.39 is 5.82 Å². The van der Waals surface area contributed by atoms with Gasteiger partial charge in [-0.1, -0.05) is 6.07 Å². The molecule has 2 aromatic carbocycles. The molecule has 0 saturated heterocycles. The molecule has 2 rings (SSSR count). The summed E-state index contributed by atoms with van der Waals surface area (Å²) in [6, 6.07) is 9.44. The van der Waals surface area contributed by atoms with Crippen LogP contribution in [0.1, 0.15) is 5.56 Å². The van der Waals surface area contributed by atoms with Gasteiger partial charge in [-0.2, -0.15) is 0 Å². The molecule has 0 aliphatic heterocycles. The lowest BCUT2D eigenvalue weighted by atomic mass is 10.2. The minimum Gasteiger partial charge on any atom is -0.325 e. The number of benzene rings is 2. The van der Waals surface area contributed by atoms with Gasteiger partial charge in [-0.15, -0.1) is 0 Å². The lowest BCUT2D eigenvalue weighted by Gasteiger charge is -2.17. The number of likely N-dealkylation sites (N-methyl/N-ethyl adjacent to an activating group) is 1. The smallest absolute Gasteiger partial charge is 0.238 e. The van der Waals surface area contributed by atoms with Crippen LogP contribution in [0.3, 0.4) is 0 Å². The van der Waals surface area contributed by atoms with Crippen LogP contribution in [0.25, 0.3) is 0 Å². The van der Waals surface area contributed by atoms with Crippen LogP contribution in [-0.4, -0.2) is 36.9 Å². The molecule has 5 nitrogen and oxygen atoms in total. The molecular weight excluding hydrogens is 469 g/mol. The maximum absolute atomic E-state index is 13.1. The van der Waals surface area contributed by atoms with Crippen LogP contribution in [-0.2, 0) is 9.59 Å². The van der Waals surface area contributed by atoms with Crippen molar-refractivity contribution in [3.63, 3.8) is 0 Å². The molecular formula is C18H18Br2FN3O2. The maximum atomic E-state index is 13.1. The van der Waals surface area contributed by atoms with Crippen molar-refractivity contribution in [2.24, 2.45) is 0 Å². The van der Waals surface area contributed by atoms with Gasteiger partial charge in [0.1, 0.15) is 5.82 Å². The van der Waals surface area contributed by atoms with Gasteiger partial charge < -0.3 is 10.6 Å². The third-order valence-corrected chi connectivity index (χ3v) is 4.64. The van der Waals surface area contributed by atoms with Gasteiger partial charge in [0.25, 0.3) is 0 Å². The zero-order valence-corrected chi connectivity index (χ0v) is 17.4. The van der Waals surface area contributed by atoms with Gasteiger partial charge in [0.15, 0.2) is 0 Å². The second kappa shape index (κ2) is 9.25. The van der Waals surface area contributed by atoms with Crippen LogP contribution in [0.2, 0.25) is 0 Å². The normalized spacial score (nSPS) is 10.7. The molecule has 0 aromatic heterocycles. The van der Waals surface area contributed by atoms with E-state index in [0.29, 0.717) is 11.4 Å². The van der Waals surface area contributed by atoms with Gasteiger partial charge in [-0.05, 0) is 81.7 Å². The summed E-state index contributed by atoms with van der Waals surface area (Å²) in [5, 5.41) is 5.41. The minimum absolute atomic E-state index is 0.000169. The summed E-state index contributed by atoms with van der Waals surface area (Å²) in [5.74, 6) is -1.01. The van der Waals surface area contributed by atoms with Crippen molar-refractivity contribution in [3.8, 4) is 0 Å². The summed E-state index contributed by atoms with van der Waals surface area (Å²) in [4.78, 5) is 25.8. The molecule has 0 fully saturated rings. The molecule has 0 saturated carbocycles. The number of rotatable bonds is 6. The summed E-state index contributed by atoms with van der Waals surface area (Å²) < 4.78 is 14.7. The number of carbonyl (C=O) groups excluding carboxylic acids is 2. The van der Waals surface area contributed by atoms with Crippen molar-refractivity contribution in [1.82, 2.24) is 4.90 Å². The largest absolute Gasteiger partial charge is 0.325 e. The number of aryl methyl sites for hydroxylation is 1. The molecule has 0 atom stereocenters. The van der Waals surface area contributed by atoms with E-state index in [2.05, 4.69) is 42.5 Å². The van der Waals surface area contributed by atoms with Gasteiger partial charge >= 0.3 is 0 Å². The molecule has 0 bridgehead atoms. The van der Waals surface area contributed by atoms with Crippen molar-refractivity contribution in [2.45, 2.75) is 6.92 Å². The summed E-state index contributed by atoms with van der Waals surface area (Å²) in [6.45, 7) is 1.98. The van der Waals surface area contributed by atoms with Crippen LogP contribution in [0, 0.1) is 12.7 Å². The van der Waals surface area contributed by atoms with E-state index in [0.717, 1.165) is 14.5 Å². The monoisotopic (exact) mass is 485 g/mol. The second-order valence-electron chi connectivity index (χ2n) is 5.88. The Bertz CT molecular complexity index is 807. The Balaban J connectivity index is 1.88. The van der Waals surface area contributed by atoms with Gasteiger partial charge in [0, 0.05) is 14.6 Å². The molecule has 2 aromatic rings. The Morgan fingerprint density at radius 3 is 2.19 bits per heavy atom. The third-order valence-electron chi connectivity index (χ3n) is 3.39. The molecule has 2 amide bonds. The maximum Gasteiger partial charge on any atom is 0.238 e. The number of halogens is 3. The first-order valence-corrected chi connectivity index (χ1v) is 9.32. The molecule has 0 aliphatic rings. The number of amides is 2. The Hall–Kier alpha value is -1.77. The van der Waals surface area contributed by atoms with Crippen molar-refractivity contribution in [3.05, 3.63) is 56.7 Å². The molecule has 138 valence electrons. The van der Waals surface area contributed by atoms with E-state index in [9.17, 15) is 14.0 Å². The fourth-order valence-corrected chi connectivity index (χ4v) is 3.92. The molecule has 2 N–H and O–H groups in total. The topological polar surface area (TPSA) is 61.4 Å². The highest BCUT2D eigenvalue weighted by Gasteiger charge is 2.14.